The van der Waals surface area contributed by atoms with Crippen LogP contribution in [0.2, 0.25) is 0 Å². The number of hydrogen-bond acceptors (Lipinski definition) is 2. The Kier molecular flexibility index (Phi) is 3.85. The van der Waals surface area contributed by atoms with E-state index in [1.165, 1.54) is 30.3 Å². The molecule has 1 unspecified atom stereocenters. The summed E-state index contributed by atoms with van der Waals surface area (Å²) in [5.41, 5.74) is 1.04. The first-order valence-electron chi connectivity index (χ1n) is 6.94. The SMILES string of the molecule is FC(F)(F)Oc1ccc(C2Cc3cc(C(F)(F)F)ccc3N2)cc1. The van der Waals surface area contributed by atoms with Crippen molar-refractivity contribution >= 4 is 5.69 Å². The molecule has 0 bridgehead atoms. The van der Waals surface area contributed by atoms with Crippen LogP contribution in [0, 0.1) is 0 Å². The highest BCUT2D eigenvalue weighted by Gasteiger charge is 2.33. The van der Waals surface area contributed by atoms with Gasteiger partial charge in [0, 0.05) is 5.69 Å². The van der Waals surface area contributed by atoms with Crippen LogP contribution in [0.5, 0.6) is 5.75 Å². The second-order valence-electron chi connectivity index (χ2n) is 5.39. The topological polar surface area (TPSA) is 21.3 Å². The highest BCUT2D eigenvalue weighted by atomic mass is 19.4. The molecule has 0 saturated carbocycles. The van der Waals surface area contributed by atoms with Crippen molar-refractivity contribution in [2.24, 2.45) is 0 Å². The van der Waals surface area contributed by atoms with Crippen LogP contribution in [-0.4, -0.2) is 6.36 Å². The molecule has 1 heterocycles. The Morgan fingerprint density at radius 3 is 2.17 bits per heavy atom. The predicted molar refractivity (Wildman–Crippen MR) is 74.6 cm³/mol. The molecule has 1 aliphatic rings. The summed E-state index contributed by atoms with van der Waals surface area (Å²) in [5.74, 6) is -0.346. The van der Waals surface area contributed by atoms with E-state index >= 15 is 0 Å². The number of ether oxygens (including phenoxy) is 1. The summed E-state index contributed by atoms with van der Waals surface area (Å²) in [6.45, 7) is 0. The molecule has 0 amide bonds. The lowest BCUT2D eigenvalue weighted by Gasteiger charge is -2.13. The first-order chi connectivity index (χ1) is 11.1. The number of fused-ring (bicyclic) bond motifs is 1. The average molecular weight is 347 g/mol. The maximum atomic E-state index is 12.7. The van der Waals surface area contributed by atoms with Gasteiger partial charge in [-0.3, -0.25) is 0 Å². The van der Waals surface area contributed by atoms with Gasteiger partial charge in [-0.2, -0.15) is 13.2 Å². The van der Waals surface area contributed by atoms with Gasteiger partial charge >= 0.3 is 12.5 Å². The monoisotopic (exact) mass is 347 g/mol. The van der Waals surface area contributed by atoms with E-state index in [2.05, 4.69) is 10.1 Å². The first kappa shape index (κ1) is 16.5. The lowest BCUT2D eigenvalue weighted by molar-refractivity contribution is -0.274. The lowest BCUT2D eigenvalue weighted by Crippen LogP contribution is -2.17. The molecule has 0 fully saturated rings. The highest BCUT2D eigenvalue weighted by Crippen LogP contribution is 2.38. The van der Waals surface area contributed by atoms with Gasteiger partial charge in [0.15, 0.2) is 0 Å². The van der Waals surface area contributed by atoms with E-state index in [1.807, 2.05) is 0 Å². The molecule has 1 aliphatic heterocycles. The van der Waals surface area contributed by atoms with Crippen molar-refractivity contribution in [1.29, 1.82) is 0 Å². The minimum atomic E-state index is -4.77. The van der Waals surface area contributed by atoms with Crippen LogP contribution in [0.4, 0.5) is 32.0 Å². The number of benzene rings is 2. The van der Waals surface area contributed by atoms with Crippen LogP contribution in [0.3, 0.4) is 0 Å². The number of halogens is 6. The molecule has 0 aliphatic carbocycles. The second-order valence-corrected chi connectivity index (χ2v) is 5.39. The molecule has 8 heteroatoms. The maximum Gasteiger partial charge on any atom is 0.573 e. The molecule has 3 rings (SSSR count). The van der Waals surface area contributed by atoms with Gasteiger partial charge in [0.1, 0.15) is 5.75 Å². The Balaban J connectivity index is 1.76. The fraction of sp³-hybridized carbons (Fsp3) is 0.250. The minimum Gasteiger partial charge on any atom is -0.406 e. The van der Waals surface area contributed by atoms with Gasteiger partial charge in [0.2, 0.25) is 0 Å². The molecule has 0 saturated heterocycles. The lowest BCUT2D eigenvalue weighted by atomic mass is 10.0. The number of nitrogens with one attached hydrogen (secondary N) is 1. The van der Waals surface area contributed by atoms with Crippen LogP contribution >= 0.6 is 0 Å². The van der Waals surface area contributed by atoms with E-state index in [9.17, 15) is 26.3 Å². The fourth-order valence-electron chi connectivity index (χ4n) is 2.64. The van der Waals surface area contributed by atoms with Gasteiger partial charge < -0.3 is 10.1 Å². The molecule has 1 N–H and O–H groups in total. The third kappa shape index (κ3) is 3.58. The molecule has 0 radical (unpaired) electrons. The van der Waals surface area contributed by atoms with E-state index in [0.717, 1.165) is 12.1 Å². The molecule has 0 spiro atoms. The smallest absolute Gasteiger partial charge is 0.406 e. The Labute approximate surface area is 133 Å². The molecule has 2 aromatic rings. The van der Waals surface area contributed by atoms with Crippen molar-refractivity contribution < 1.29 is 31.1 Å². The third-order valence-electron chi connectivity index (χ3n) is 3.70. The average Bonchev–Trinajstić information content (AvgIpc) is 2.88. The van der Waals surface area contributed by atoms with Crippen molar-refractivity contribution in [2.75, 3.05) is 5.32 Å². The quantitative estimate of drug-likeness (QED) is 0.743. The standard InChI is InChI=1S/C16H11F6NO/c17-15(18,19)11-3-6-13-10(7-11)8-14(23-13)9-1-4-12(5-2-9)24-16(20,21)22/h1-7,14,23H,8H2. The largest absolute Gasteiger partial charge is 0.573 e. The summed E-state index contributed by atoms with van der Waals surface area (Å²) in [5, 5.41) is 3.07. The number of anilines is 1. The summed E-state index contributed by atoms with van der Waals surface area (Å²) < 4.78 is 78.4. The van der Waals surface area contributed by atoms with E-state index in [0.29, 0.717) is 23.2 Å². The third-order valence-corrected chi connectivity index (χ3v) is 3.70. The Hall–Kier alpha value is -2.38. The molecule has 128 valence electrons. The van der Waals surface area contributed by atoms with E-state index in [4.69, 9.17) is 0 Å². The van der Waals surface area contributed by atoms with Crippen molar-refractivity contribution in [1.82, 2.24) is 0 Å². The summed E-state index contributed by atoms with van der Waals surface area (Å²) >= 11 is 0. The summed E-state index contributed by atoms with van der Waals surface area (Å²) in [7, 11) is 0. The van der Waals surface area contributed by atoms with Crippen LogP contribution in [-0.2, 0) is 12.6 Å². The Morgan fingerprint density at radius 1 is 0.917 bits per heavy atom. The minimum absolute atomic E-state index is 0.302. The van der Waals surface area contributed by atoms with Crippen LogP contribution in [0.15, 0.2) is 42.5 Å². The first-order valence-corrected chi connectivity index (χ1v) is 6.94. The van der Waals surface area contributed by atoms with Crippen LogP contribution < -0.4 is 10.1 Å². The summed E-state index contributed by atoms with van der Waals surface area (Å²) in [6, 6.07) is 8.40. The van der Waals surface area contributed by atoms with Gasteiger partial charge in [-0.1, -0.05) is 12.1 Å². The highest BCUT2D eigenvalue weighted by molar-refractivity contribution is 5.59. The zero-order valence-electron chi connectivity index (χ0n) is 12.0. The summed E-state index contributed by atoms with van der Waals surface area (Å²) in [6.07, 6.45) is -8.86. The van der Waals surface area contributed by atoms with Crippen molar-refractivity contribution in [2.45, 2.75) is 25.0 Å². The zero-order valence-corrected chi connectivity index (χ0v) is 12.0. The number of alkyl halides is 6. The molecule has 2 aromatic carbocycles. The molecule has 1 atom stereocenters. The summed E-state index contributed by atoms with van der Waals surface area (Å²) in [4.78, 5) is 0. The van der Waals surface area contributed by atoms with Gasteiger partial charge in [0.25, 0.3) is 0 Å². The zero-order chi connectivity index (χ0) is 17.5. The maximum absolute atomic E-state index is 12.7. The molecule has 0 aromatic heterocycles. The molecule has 24 heavy (non-hydrogen) atoms. The molecule has 2 nitrogen and oxygen atoms in total. The van der Waals surface area contributed by atoms with Gasteiger partial charge in [-0.15, -0.1) is 13.2 Å². The van der Waals surface area contributed by atoms with Gasteiger partial charge in [0.05, 0.1) is 11.6 Å². The number of rotatable bonds is 2. The Morgan fingerprint density at radius 2 is 1.58 bits per heavy atom. The number of hydrogen-bond donors (Lipinski definition) is 1. The van der Waals surface area contributed by atoms with Crippen molar-refractivity contribution in [3.8, 4) is 5.75 Å². The van der Waals surface area contributed by atoms with E-state index in [-0.39, 0.29) is 11.8 Å². The van der Waals surface area contributed by atoms with Crippen molar-refractivity contribution in [3.63, 3.8) is 0 Å². The molecular weight excluding hydrogens is 336 g/mol. The van der Waals surface area contributed by atoms with E-state index < -0.39 is 18.1 Å². The van der Waals surface area contributed by atoms with Gasteiger partial charge in [-0.05, 0) is 47.9 Å². The fourth-order valence-corrected chi connectivity index (χ4v) is 2.64. The second kappa shape index (κ2) is 5.61. The van der Waals surface area contributed by atoms with E-state index in [1.54, 1.807) is 0 Å². The Bertz CT molecular complexity index is 736. The molecular formula is C16H11F6NO. The van der Waals surface area contributed by atoms with Crippen LogP contribution in [0.25, 0.3) is 0 Å². The predicted octanol–water partition coefficient (Wildman–Crippen LogP) is 5.31. The van der Waals surface area contributed by atoms with Crippen LogP contribution in [0.1, 0.15) is 22.7 Å². The normalized spacial score (nSPS) is 17.3. The van der Waals surface area contributed by atoms with Crippen molar-refractivity contribution in [3.05, 3.63) is 59.2 Å². The van der Waals surface area contributed by atoms with Gasteiger partial charge in [-0.25, -0.2) is 0 Å².